The molecule has 4 aromatic heterocycles. The molecule has 6 aromatic carbocycles. The van der Waals surface area contributed by atoms with Gasteiger partial charge >= 0.3 is 0 Å². The summed E-state index contributed by atoms with van der Waals surface area (Å²) in [6.45, 7) is 0. The van der Waals surface area contributed by atoms with Gasteiger partial charge in [-0.25, -0.2) is 9.97 Å². The zero-order chi connectivity index (χ0) is 29.5. The summed E-state index contributed by atoms with van der Waals surface area (Å²) in [6.07, 6.45) is 0. The first kappa shape index (κ1) is 25.0. The van der Waals surface area contributed by atoms with Crippen LogP contribution in [-0.2, 0) is 0 Å². The number of para-hydroxylation sites is 1. The maximum atomic E-state index is 5.44. The van der Waals surface area contributed by atoms with Crippen LogP contribution in [0.2, 0.25) is 0 Å². The van der Waals surface area contributed by atoms with Gasteiger partial charge in [-0.3, -0.25) is 4.57 Å². The number of hydrogen-bond acceptors (Lipinski definition) is 4. The molecule has 0 fully saturated rings. The summed E-state index contributed by atoms with van der Waals surface area (Å²) >= 11 is 3.62. The number of fused-ring (bicyclic) bond motifs is 10. The summed E-state index contributed by atoms with van der Waals surface area (Å²) in [5.74, 6) is 0.698. The highest BCUT2D eigenvalue weighted by atomic mass is 32.1. The largest absolute Gasteiger partial charge is 0.276 e. The molecule has 0 saturated heterocycles. The van der Waals surface area contributed by atoms with E-state index < -0.39 is 0 Å². The van der Waals surface area contributed by atoms with Crippen LogP contribution in [-0.4, -0.2) is 14.5 Å². The fourth-order valence-electron chi connectivity index (χ4n) is 6.76. The topological polar surface area (TPSA) is 30.7 Å². The molecule has 45 heavy (non-hydrogen) atoms. The van der Waals surface area contributed by atoms with Crippen LogP contribution >= 0.6 is 22.7 Å². The van der Waals surface area contributed by atoms with Gasteiger partial charge in [0.2, 0.25) is 5.95 Å². The van der Waals surface area contributed by atoms with Crippen LogP contribution < -0.4 is 0 Å². The van der Waals surface area contributed by atoms with Gasteiger partial charge in [-0.1, -0.05) is 121 Å². The predicted octanol–water partition coefficient (Wildman–Crippen LogP) is 11.6. The molecule has 4 heterocycles. The van der Waals surface area contributed by atoms with Crippen LogP contribution in [0.4, 0.5) is 0 Å². The van der Waals surface area contributed by atoms with Crippen molar-refractivity contribution in [2.45, 2.75) is 0 Å². The lowest BCUT2D eigenvalue weighted by atomic mass is 10.0. The maximum absolute atomic E-state index is 5.44. The Labute approximate surface area is 266 Å². The van der Waals surface area contributed by atoms with Gasteiger partial charge in [0.15, 0.2) is 0 Å². The van der Waals surface area contributed by atoms with Crippen LogP contribution in [0.3, 0.4) is 0 Å². The molecule has 0 bridgehead atoms. The van der Waals surface area contributed by atoms with Crippen molar-refractivity contribution in [3.8, 4) is 28.3 Å². The van der Waals surface area contributed by atoms with E-state index in [0.29, 0.717) is 5.95 Å². The Morgan fingerprint density at radius 2 is 1.02 bits per heavy atom. The minimum Gasteiger partial charge on any atom is -0.276 e. The zero-order valence-corrected chi connectivity index (χ0v) is 25.6. The quantitative estimate of drug-likeness (QED) is 0.199. The Morgan fingerprint density at radius 3 is 1.84 bits per heavy atom. The van der Waals surface area contributed by atoms with Crippen molar-refractivity contribution < 1.29 is 0 Å². The molecule has 0 aliphatic carbocycles. The van der Waals surface area contributed by atoms with Crippen LogP contribution in [0.5, 0.6) is 0 Å². The number of benzene rings is 6. The Bertz CT molecular complexity index is 2750. The molecule has 0 unspecified atom stereocenters. The third-order valence-corrected chi connectivity index (χ3v) is 11.2. The number of rotatable bonds is 3. The first-order valence-electron chi connectivity index (χ1n) is 15.0. The second kappa shape index (κ2) is 9.57. The minimum absolute atomic E-state index is 0.698. The van der Waals surface area contributed by atoms with E-state index in [2.05, 4.69) is 144 Å². The number of thiophene rings is 2. The average molecular weight is 610 g/mol. The molecule has 0 spiro atoms. The van der Waals surface area contributed by atoms with E-state index in [9.17, 15) is 0 Å². The summed E-state index contributed by atoms with van der Waals surface area (Å²) in [5.41, 5.74) is 7.72. The molecule has 0 aliphatic heterocycles. The van der Waals surface area contributed by atoms with Crippen LogP contribution in [0.15, 0.2) is 140 Å². The Morgan fingerprint density at radius 1 is 0.422 bits per heavy atom. The lowest BCUT2D eigenvalue weighted by Gasteiger charge is -2.11. The highest BCUT2D eigenvalue weighted by molar-refractivity contribution is 7.27. The molecule has 0 saturated carbocycles. The highest BCUT2D eigenvalue weighted by Gasteiger charge is 2.22. The normalized spacial score (nSPS) is 12.0. The lowest BCUT2D eigenvalue weighted by molar-refractivity contribution is 1.02. The SMILES string of the molecule is c1ccc(-c2ccc(-c3nc(-n4c5ccccc5c5ccc6c7ccccc7sc6c54)nc4c3sc3ccccc34)cc2)cc1. The smallest absolute Gasteiger partial charge is 0.235 e. The second-order valence-corrected chi connectivity index (χ2v) is 13.5. The van der Waals surface area contributed by atoms with Gasteiger partial charge in [0.1, 0.15) is 0 Å². The molecule has 0 N–H and O–H groups in total. The number of nitrogens with zero attached hydrogens (tertiary/aromatic N) is 3. The van der Waals surface area contributed by atoms with Gasteiger partial charge in [-0.15, -0.1) is 22.7 Å². The number of hydrogen-bond donors (Lipinski definition) is 0. The van der Waals surface area contributed by atoms with E-state index in [4.69, 9.17) is 9.97 Å². The molecule has 0 amide bonds. The van der Waals surface area contributed by atoms with E-state index in [1.165, 1.54) is 52.3 Å². The zero-order valence-electron chi connectivity index (χ0n) is 23.9. The van der Waals surface area contributed by atoms with Crippen molar-refractivity contribution >= 4 is 85.0 Å². The number of aromatic nitrogens is 3. The Kier molecular flexibility index (Phi) is 5.32. The second-order valence-electron chi connectivity index (χ2n) is 11.4. The first-order chi connectivity index (χ1) is 22.3. The predicted molar refractivity (Wildman–Crippen MR) is 193 cm³/mol. The summed E-state index contributed by atoms with van der Waals surface area (Å²) in [5, 5.41) is 6.15. The fraction of sp³-hybridized carbons (Fsp3) is 0. The summed E-state index contributed by atoms with van der Waals surface area (Å²) in [4.78, 5) is 10.8. The van der Waals surface area contributed by atoms with Gasteiger partial charge in [0, 0.05) is 41.9 Å². The van der Waals surface area contributed by atoms with Gasteiger partial charge < -0.3 is 0 Å². The lowest BCUT2D eigenvalue weighted by Crippen LogP contribution is -2.02. The molecule has 5 heteroatoms. The molecular formula is C40H23N3S2. The molecule has 0 atom stereocenters. The molecule has 3 nitrogen and oxygen atoms in total. The molecule has 210 valence electrons. The minimum atomic E-state index is 0.698. The third kappa shape index (κ3) is 3.69. The molecule has 10 aromatic rings. The van der Waals surface area contributed by atoms with Crippen LogP contribution in [0.1, 0.15) is 0 Å². The monoisotopic (exact) mass is 609 g/mol. The van der Waals surface area contributed by atoms with Crippen molar-refractivity contribution in [3.63, 3.8) is 0 Å². The van der Waals surface area contributed by atoms with E-state index in [1.807, 2.05) is 11.3 Å². The summed E-state index contributed by atoms with van der Waals surface area (Å²) in [6, 6.07) is 49.8. The third-order valence-electron chi connectivity index (χ3n) is 8.85. The van der Waals surface area contributed by atoms with Crippen LogP contribution in [0.25, 0.3) is 90.6 Å². The van der Waals surface area contributed by atoms with Gasteiger partial charge in [0.05, 0.1) is 31.6 Å². The summed E-state index contributed by atoms with van der Waals surface area (Å²) < 4.78 is 7.18. The van der Waals surface area contributed by atoms with Crippen LogP contribution in [0, 0.1) is 0 Å². The van der Waals surface area contributed by atoms with Crippen molar-refractivity contribution in [2.75, 3.05) is 0 Å². The van der Waals surface area contributed by atoms with Gasteiger partial charge in [-0.2, -0.15) is 0 Å². The Balaban J connectivity index is 1.31. The highest BCUT2D eigenvalue weighted by Crippen LogP contribution is 2.44. The first-order valence-corrected chi connectivity index (χ1v) is 16.6. The maximum Gasteiger partial charge on any atom is 0.235 e. The molecule has 0 aliphatic rings. The van der Waals surface area contributed by atoms with Gasteiger partial charge in [0.25, 0.3) is 0 Å². The molecule has 0 radical (unpaired) electrons. The van der Waals surface area contributed by atoms with Crippen molar-refractivity contribution in [1.29, 1.82) is 0 Å². The standard InChI is InChI=1S/C40H23N3S2/c1-2-10-24(11-3-1)25-18-20-26(21-19-25)35-39-36(31-14-6-9-17-34(31)45-39)42-40(41-35)43-32-15-7-4-12-27(32)29-22-23-30-28-13-5-8-16-33(28)44-38(30)37(29)43/h1-23H. The van der Waals surface area contributed by atoms with E-state index >= 15 is 0 Å². The van der Waals surface area contributed by atoms with Crippen molar-refractivity contribution in [2.24, 2.45) is 0 Å². The van der Waals surface area contributed by atoms with Crippen molar-refractivity contribution in [1.82, 2.24) is 14.5 Å². The Hall–Kier alpha value is -5.36. The van der Waals surface area contributed by atoms with Crippen molar-refractivity contribution in [3.05, 3.63) is 140 Å². The van der Waals surface area contributed by atoms with E-state index in [-0.39, 0.29) is 0 Å². The van der Waals surface area contributed by atoms with Gasteiger partial charge in [-0.05, 0) is 29.3 Å². The molecule has 10 rings (SSSR count). The average Bonchev–Trinajstić information content (AvgIpc) is 3.78. The molecular weight excluding hydrogens is 587 g/mol. The van der Waals surface area contributed by atoms with E-state index in [1.54, 1.807) is 11.3 Å². The summed E-state index contributed by atoms with van der Waals surface area (Å²) in [7, 11) is 0. The van der Waals surface area contributed by atoms with E-state index in [0.717, 1.165) is 32.4 Å². The fourth-order valence-corrected chi connectivity index (χ4v) is 9.16.